The highest BCUT2D eigenvalue weighted by atomic mass is 16.6. The van der Waals surface area contributed by atoms with E-state index in [-0.39, 0.29) is 6.61 Å². The molecule has 1 fully saturated rings. The van der Waals surface area contributed by atoms with Gasteiger partial charge < -0.3 is 25.2 Å². The molecule has 108 valence electrons. The lowest BCUT2D eigenvalue weighted by atomic mass is 9.97. The Kier molecular flexibility index (Phi) is 6.48. The summed E-state index contributed by atoms with van der Waals surface area (Å²) in [7, 11) is 0. The number of nitrogens with zero attached hydrogens (tertiary/aromatic N) is 1. The fourth-order valence-electron chi connectivity index (χ4n) is 2.32. The van der Waals surface area contributed by atoms with E-state index in [2.05, 4.69) is 0 Å². The number of hydrogen-bond acceptors (Lipinski definition) is 6. The van der Waals surface area contributed by atoms with E-state index < -0.39 is 30.6 Å². The minimum Gasteiger partial charge on any atom is -0.394 e. The molecule has 6 heteroatoms. The second kappa shape index (κ2) is 7.37. The van der Waals surface area contributed by atoms with Gasteiger partial charge in [0.1, 0.15) is 30.6 Å². The minimum absolute atomic E-state index is 0.381. The summed E-state index contributed by atoms with van der Waals surface area (Å²) in [5.74, 6) is 0. The van der Waals surface area contributed by atoms with Gasteiger partial charge in [0.15, 0.2) is 0 Å². The Hall–Kier alpha value is -0.240. The average molecular weight is 263 g/mol. The van der Waals surface area contributed by atoms with Gasteiger partial charge in [0.25, 0.3) is 0 Å². The van der Waals surface area contributed by atoms with Gasteiger partial charge in [-0.15, -0.1) is 0 Å². The van der Waals surface area contributed by atoms with Gasteiger partial charge in [0.2, 0.25) is 0 Å². The van der Waals surface area contributed by atoms with E-state index in [9.17, 15) is 15.3 Å². The monoisotopic (exact) mass is 263 g/mol. The van der Waals surface area contributed by atoms with Crippen LogP contribution in [0, 0.1) is 0 Å². The lowest BCUT2D eigenvalue weighted by Gasteiger charge is -2.44. The van der Waals surface area contributed by atoms with Crippen molar-refractivity contribution in [3.05, 3.63) is 0 Å². The van der Waals surface area contributed by atoms with Crippen LogP contribution in [0.2, 0.25) is 0 Å². The van der Waals surface area contributed by atoms with Crippen molar-refractivity contribution < 1.29 is 25.2 Å². The van der Waals surface area contributed by atoms with E-state index in [1.807, 2.05) is 18.7 Å². The quantitative estimate of drug-likeness (QED) is 0.486. The molecule has 0 aromatic heterocycles. The molecule has 18 heavy (non-hydrogen) atoms. The molecule has 6 nitrogen and oxygen atoms in total. The average Bonchev–Trinajstić information content (AvgIpc) is 2.36. The number of rotatable bonds is 6. The van der Waals surface area contributed by atoms with Gasteiger partial charge in [0.05, 0.1) is 6.61 Å². The Morgan fingerprint density at radius 1 is 0.944 bits per heavy atom. The highest BCUT2D eigenvalue weighted by Crippen LogP contribution is 2.23. The highest BCUT2D eigenvalue weighted by molar-refractivity contribution is 4.91. The smallest absolute Gasteiger partial charge is 0.140 e. The van der Waals surface area contributed by atoms with E-state index in [0.717, 1.165) is 25.9 Å². The summed E-state index contributed by atoms with van der Waals surface area (Å²) >= 11 is 0. The number of ether oxygens (including phenoxy) is 1. The summed E-state index contributed by atoms with van der Waals surface area (Å²) in [4.78, 5) is 1.93. The Balaban J connectivity index is 2.77. The van der Waals surface area contributed by atoms with Crippen LogP contribution in [0.5, 0.6) is 0 Å². The summed E-state index contributed by atoms with van der Waals surface area (Å²) in [5.41, 5.74) is 0. The summed E-state index contributed by atoms with van der Waals surface area (Å²) in [6.45, 7) is 5.12. The van der Waals surface area contributed by atoms with Gasteiger partial charge in [-0.25, -0.2) is 0 Å². The molecule has 0 aliphatic carbocycles. The molecule has 0 aromatic rings. The highest BCUT2D eigenvalue weighted by Gasteiger charge is 2.45. The van der Waals surface area contributed by atoms with E-state index >= 15 is 0 Å². The maximum Gasteiger partial charge on any atom is 0.140 e. The van der Waals surface area contributed by atoms with Gasteiger partial charge in [-0.2, -0.15) is 0 Å². The first kappa shape index (κ1) is 15.8. The Bertz CT molecular complexity index is 233. The van der Waals surface area contributed by atoms with Crippen LogP contribution in [0.1, 0.15) is 26.7 Å². The third kappa shape index (κ3) is 3.40. The zero-order valence-corrected chi connectivity index (χ0v) is 11.1. The third-order valence-electron chi connectivity index (χ3n) is 3.25. The van der Waals surface area contributed by atoms with Crippen LogP contribution in [0.25, 0.3) is 0 Å². The second-order valence-corrected chi connectivity index (χ2v) is 4.76. The van der Waals surface area contributed by atoms with Crippen LogP contribution in [0.15, 0.2) is 0 Å². The van der Waals surface area contributed by atoms with Crippen molar-refractivity contribution >= 4 is 0 Å². The molecule has 1 rings (SSSR count). The molecule has 5 atom stereocenters. The zero-order chi connectivity index (χ0) is 13.7. The summed E-state index contributed by atoms with van der Waals surface area (Å²) < 4.78 is 5.51. The topological polar surface area (TPSA) is 93.4 Å². The fraction of sp³-hybridized carbons (Fsp3) is 1.00. The van der Waals surface area contributed by atoms with Crippen LogP contribution < -0.4 is 0 Å². The molecule has 1 unspecified atom stereocenters. The molecule has 0 spiro atoms. The normalized spacial score (nSPS) is 37.2. The molecule has 0 amide bonds. The third-order valence-corrected chi connectivity index (χ3v) is 3.25. The predicted molar refractivity (Wildman–Crippen MR) is 65.9 cm³/mol. The van der Waals surface area contributed by atoms with E-state index in [4.69, 9.17) is 9.84 Å². The molecule has 1 saturated heterocycles. The molecule has 1 aliphatic rings. The fourth-order valence-corrected chi connectivity index (χ4v) is 2.32. The molecule has 4 N–H and O–H groups in total. The van der Waals surface area contributed by atoms with Crippen LogP contribution in [-0.2, 0) is 4.74 Å². The van der Waals surface area contributed by atoms with Crippen LogP contribution in [-0.4, -0.2) is 75.7 Å². The number of aliphatic hydroxyl groups excluding tert-OH is 4. The van der Waals surface area contributed by atoms with Crippen LogP contribution in [0.3, 0.4) is 0 Å². The van der Waals surface area contributed by atoms with Crippen molar-refractivity contribution in [3.63, 3.8) is 0 Å². The van der Waals surface area contributed by atoms with Crippen LogP contribution >= 0.6 is 0 Å². The molecule has 0 radical (unpaired) electrons. The molecular weight excluding hydrogens is 238 g/mol. The van der Waals surface area contributed by atoms with Gasteiger partial charge >= 0.3 is 0 Å². The largest absolute Gasteiger partial charge is 0.394 e. The SMILES string of the molecule is CCCN(CCC)C1O[C@@H](CO)[C@H](O)[C@@H](O)[C@H]1O. The summed E-state index contributed by atoms with van der Waals surface area (Å²) in [6.07, 6.45) is -3.46. The maximum atomic E-state index is 9.99. The first-order valence-electron chi connectivity index (χ1n) is 6.61. The van der Waals surface area contributed by atoms with Crippen molar-refractivity contribution in [2.75, 3.05) is 19.7 Å². The van der Waals surface area contributed by atoms with E-state index in [1.165, 1.54) is 0 Å². The summed E-state index contributed by atoms with van der Waals surface area (Å²) in [5, 5.41) is 38.6. The lowest BCUT2D eigenvalue weighted by Crippen LogP contribution is -2.63. The van der Waals surface area contributed by atoms with E-state index in [0.29, 0.717) is 0 Å². The zero-order valence-electron chi connectivity index (χ0n) is 11.1. The molecule has 0 bridgehead atoms. The van der Waals surface area contributed by atoms with Crippen molar-refractivity contribution in [2.24, 2.45) is 0 Å². The minimum atomic E-state index is -1.29. The van der Waals surface area contributed by atoms with Crippen molar-refractivity contribution in [2.45, 2.75) is 57.3 Å². The lowest BCUT2D eigenvalue weighted by molar-refractivity contribution is -0.265. The molecule has 1 heterocycles. The van der Waals surface area contributed by atoms with Crippen LogP contribution in [0.4, 0.5) is 0 Å². The van der Waals surface area contributed by atoms with E-state index in [1.54, 1.807) is 0 Å². The van der Waals surface area contributed by atoms with Gasteiger partial charge in [-0.3, -0.25) is 4.90 Å². The van der Waals surface area contributed by atoms with Gasteiger partial charge in [0, 0.05) is 13.1 Å². The molecular formula is C12H25NO5. The van der Waals surface area contributed by atoms with Gasteiger partial charge in [-0.05, 0) is 12.8 Å². The standard InChI is InChI=1S/C12H25NO5/c1-3-5-13(6-4-2)12-11(17)10(16)9(15)8(7-14)18-12/h8-12,14-17H,3-7H2,1-2H3/t8-,9-,10+,11+,12?/m0/s1. The van der Waals surface area contributed by atoms with Crippen molar-refractivity contribution in [1.82, 2.24) is 4.90 Å². The van der Waals surface area contributed by atoms with Crippen molar-refractivity contribution in [3.8, 4) is 0 Å². The van der Waals surface area contributed by atoms with Crippen molar-refractivity contribution in [1.29, 1.82) is 0 Å². The Morgan fingerprint density at radius 2 is 1.50 bits per heavy atom. The predicted octanol–water partition coefficient (Wildman–Crippen LogP) is -1.09. The first-order chi connectivity index (χ1) is 8.56. The number of aliphatic hydroxyl groups is 4. The maximum absolute atomic E-state index is 9.99. The first-order valence-corrected chi connectivity index (χ1v) is 6.61. The Morgan fingerprint density at radius 3 is 1.94 bits per heavy atom. The molecule has 0 aromatic carbocycles. The second-order valence-electron chi connectivity index (χ2n) is 4.76. The van der Waals surface area contributed by atoms with Gasteiger partial charge in [-0.1, -0.05) is 13.8 Å². The summed E-state index contributed by atoms with van der Waals surface area (Å²) in [6, 6.07) is 0. The molecule has 1 aliphatic heterocycles. The Labute approximate surface area is 108 Å². The number of hydrogen-bond donors (Lipinski definition) is 4. The molecule has 0 saturated carbocycles.